The molecule has 29 heavy (non-hydrogen) atoms. The van der Waals surface area contributed by atoms with Crippen LogP contribution in [0.4, 0.5) is 0 Å². The molecule has 160 valence electrons. The van der Waals surface area contributed by atoms with E-state index in [-0.39, 0.29) is 0 Å². The highest BCUT2D eigenvalue weighted by Gasteiger charge is 2.03. The van der Waals surface area contributed by atoms with Gasteiger partial charge in [0.15, 0.2) is 5.82 Å². The van der Waals surface area contributed by atoms with Crippen LogP contribution in [0.25, 0.3) is 11.3 Å². The van der Waals surface area contributed by atoms with Crippen LogP contribution in [0, 0.1) is 0 Å². The average molecular weight is 396 g/mol. The Morgan fingerprint density at radius 2 is 1.14 bits per heavy atom. The molecular weight excluding hydrogens is 354 g/mol. The first-order valence-electron chi connectivity index (χ1n) is 12.1. The van der Waals surface area contributed by atoms with E-state index < -0.39 is 0 Å². The summed E-state index contributed by atoms with van der Waals surface area (Å²) in [5.41, 5.74) is 2.04. The molecule has 0 unspecified atom stereocenters. The van der Waals surface area contributed by atoms with Crippen LogP contribution in [0.3, 0.4) is 0 Å². The molecular formula is C26H41N3. The van der Waals surface area contributed by atoms with Crippen LogP contribution >= 0.6 is 0 Å². The summed E-state index contributed by atoms with van der Waals surface area (Å²) in [4.78, 5) is 4.67. The molecule has 3 heteroatoms. The topological polar surface area (TPSA) is 38.7 Å². The fourth-order valence-corrected chi connectivity index (χ4v) is 3.85. The molecule has 0 saturated heterocycles. The Labute approximate surface area is 178 Å². The van der Waals surface area contributed by atoms with Crippen LogP contribution in [-0.2, 0) is 6.42 Å². The molecule has 0 saturated carbocycles. The van der Waals surface area contributed by atoms with Gasteiger partial charge in [-0.1, -0.05) is 127 Å². The molecule has 3 nitrogen and oxygen atoms in total. The normalized spacial score (nSPS) is 11.1. The second kappa shape index (κ2) is 16.1. The summed E-state index contributed by atoms with van der Waals surface area (Å²) in [6.07, 6.45) is 23.5. The van der Waals surface area contributed by atoms with Gasteiger partial charge in [0.1, 0.15) is 0 Å². The summed E-state index contributed by atoms with van der Waals surface area (Å²) in [7, 11) is 0. The maximum absolute atomic E-state index is 4.67. The molecule has 1 aromatic heterocycles. The van der Waals surface area contributed by atoms with Gasteiger partial charge < -0.3 is 0 Å². The third kappa shape index (κ3) is 11.1. The van der Waals surface area contributed by atoms with E-state index in [1.54, 1.807) is 6.20 Å². The quantitative estimate of drug-likeness (QED) is 0.255. The highest BCUT2D eigenvalue weighted by Crippen LogP contribution is 2.16. The maximum Gasteiger partial charge on any atom is 0.151 e. The van der Waals surface area contributed by atoms with E-state index in [1.807, 2.05) is 18.2 Å². The lowest BCUT2D eigenvalue weighted by molar-refractivity contribution is 0.531. The van der Waals surface area contributed by atoms with Crippen LogP contribution in [0.1, 0.15) is 109 Å². The number of unbranched alkanes of at least 4 members (excludes halogenated alkanes) is 14. The van der Waals surface area contributed by atoms with Crippen LogP contribution in [0.5, 0.6) is 0 Å². The number of benzene rings is 1. The predicted octanol–water partition coefficient (Wildman–Crippen LogP) is 7.95. The summed E-state index contributed by atoms with van der Waals surface area (Å²) in [5.74, 6) is 0.876. The van der Waals surface area contributed by atoms with Gasteiger partial charge in [0.25, 0.3) is 0 Å². The van der Waals surface area contributed by atoms with Crippen LogP contribution < -0.4 is 0 Å². The fraction of sp³-hybridized carbons (Fsp3) is 0.654. The van der Waals surface area contributed by atoms with E-state index in [0.717, 1.165) is 29.9 Å². The molecule has 0 N–H and O–H groups in total. The molecule has 0 aliphatic heterocycles. The van der Waals surface area contributed by atoms with Crippen LogP contribution in [0.2, 0.25) is 0 Å². The molecule has 0 aliphatic rings. The first kappa shape index (κ1) is 23.5. The Kier molecular flexibility index (Phi) is 13.0. The first-order chi connectivity index (χ1) is 14.4. The van der Waals surface area contributed by atoms with E-state index in [1.165, 1.54) is 89.9 Å². The summed E-state index contributed by atoms with van der Waals surface area (Å²) >= 11 is 0. The van der Waals surface area contributed by atoms with Gasteiger partial charge >= 0.3 is 0 Å². The average Bonchev–Trinajstić information content (AvgIpc) is 2.77. The fourth-order valence-electron chi connectivity index (χ4n) is 3.85. The molecule has 0 radical (unpaired) electrons. The second-order valence-electron chi connectivity index (χ2n) is 8.32. The van der Waals surface area contributed by atoms with Gasteiger partial charge in [-0.2, -0.15) is 5.10 Å². The minimum Gasteiger partial charge on any atom is -0.229 e. The van der Waals surface area contributed by atoms with Crippen LogP contribution in [-0.4, -0.2) is 15.2 Å². The molecule has 0 spiro atoms. The van der Waals surface area contributed by atoms with Gasteiger partial charge in [0, 0.05) is 12.0 Å². The minimum atomic E-state index is 0.876. The lowest BCUT2D eigenvalue weighted by Crippen LogP contribution is -1.99. The number of rotatable bonds is 17. The van der Waals surface area contributed by atoms with Gasteiger partial charge in [-0.3, -0.25) is 0 Å². The van der Waals surface area contributed by atoms with Crippen molar-refractivity contribution in [2.75, 3.05) is 0 Å². The highest BCUT2D eigenvalue weighted by atomic mass is 15.1. The van der Waals surface area contributed by atoms with Crippen molar-refractivity contribution in [3.63, 3.8) is 0 Å². The molecule has 0 fully saturated rings. The molecule has 2 aromatic rings. The van der Waals surface area contributed by atoms with Gasteiger partial charge in [0.2, 0.25) is 0 Å². The minimum absolute atomic E-state index is 0.876. The lowest BCUT2D eigenvalue weighted by Gasteiger charge is -2.04. The zero-order chi connectivity index (χ0) is 20.4. The Bertz CT molecular complexity index is 627. The molecule has 0 bridgehead atoms. The Morgan fingerprint density at radius 3 is 1.69 bits per heavy atom. The second-order valence-corrected chi connectivity index (χ2v) is 8.32. The van der Waals surface area contributed by atoms with Gasteiger partial charge in [-0.25, -0.2) is 4.98 Å². The van der Waals surface area contributed by atoms with Crippen molar-refractivity contribution in [2.45, 2.75) is 110 Å². The SMILES string of the molecule is CCCCCCCCCCCCCCCCCc1nncc(-c2ccccc2)n1. The standard InChI is InChI=1S/C26H41N3/c1-2-3-4-5-6-7-8-9-10-11-12-13-14-15-19-22-26-28-25(23-27-29-26)24-20-17-16-18-21-24/h16-18,20-21,23H,2-15,19,22H2,1H3. The largest absolute Gasteiger partial charge is 0.229 e. The highest BCUT2D eigenvalue weighted by molar-refractivity contribution is 5.57. The van der Waals surface area contributed by atoms with Crippen molar-refractivity contribution in [3.05, 3.63) is 42.4 Å². The summed E-state index contributed by atoms with van der Waals surface area (Å²) in [5, 5.41) is 8.34. The van der Waals surface area contributed by atoms with Crippen molar-refractivity contribution in [3.8, 4) is 11.3 Å². The summed E-state index contributed by atoms with van der Waals surface area (Å²) in [6, 6.07) is 10.2. The van der Waals surface area contributed by atoms with Gasteiger partial charge in [-0.05, 0) is 6.42 Å². The number of aryl methyl sites for hydroxylation is 1. The van der Waals surface area contributed by atoms with Gasteiger partial charge in [-0.15, -0.1) is 5.10 Å². The molecule has 0 aliphatic carbocycles. The third-order valence-corrected chi connectivity index (χ3v) is 5.68. The zero-order valence-corrected chi connectivity index (χ0v) is 18.6. The Balaban J connectivity index is 1.42. The van der Waals surface area contributed by atoms with E-state index in [4.69, 9.17) is 0 Å². The Morgan fingerprint density at radius 1 is 0.621 bits per heavy atom. The molecule has 0 atom stereocenters. The summed E-state index contributed by atoms with van der Waals surface area (Å²) in [6.45, 7) is 2.29. The lowest BCUT2D eigenvalue weighted by atomic mass is 10.0. The number of hydrogen-bond donors (Lipinski definition) is 0. The number of hydrogen-bond acceptors (Lipinski definition) is 3. The van der Waals surface area contributed by atoms with Crippen molar-refractivity contribution < 1.29 is 0 Å². The monoisotopic (exact) mass is 395 g/mol. The summed E-state index contributed by atoms with van der Waals surface area (Å²) < 4.78 is 0. The molecule has 0 amide bonds. The van der Waals surface area contributed by atoms with E-state index >= 15 is 0 Å². The first-order valence-corrected chi connectivity index (χ1v) is 12.1. The van der Waals surface area contributed by atoms with Crippen LogP contribution in [0.15, 0.2) is 36.5 Å². The zero-order valence-electron chi connectivity index (χ0n) is 18.6. The van der Waals surface area contributed by atoms with E-state index in [2.05, 4.69) is 34.2 Å². The maximum atomic E-state index is 4.67. The van der Waals surface area contributed by atoms with Gasteiger partial charge in [0.05, 0.1) is 11.9 Å². The molecule has 1 heterocycles. The van der Waals surface area contributed by atoms with Crippen molar-refractivity contribution in [2.24, 2.45) is 0 Å². The van der Waals surface area contributed by atoms with E-state index in [9.17, 15) is 0 Å². The molecule has 1 aromatic carbocycles. The Hall–Kier alpha value is -1.77. The number of aromatic nitrogens is 3. The van der Waals surface area contributed by atoms with E-state index in [0.29, 0.717) is 0 Å². The predicted molar refractivity (Wildman–Crippen MR) is 124 cm³/mol. The number of nitrogens with zero attached hydrogens (tertiary/aromatic N) is 3. The third-order valence-electron chi connectivity index (χ3n) is 5.68. The molecule has 2 rings (SSSR count). The van der Waals surface area contributed by atoms with Crippen molar-refractivity contribution in [1.82, 2.24) is 15.2 Å². The smallest absolute Gasteiger partial charge is 0.151 e. The van der Waals surface area contributed by atoms with Crippen molar-refractivity contribution in [1.29, 1.82) is 0 Å². The van der Waals surface area contributed by atoms with Crippen molar-refractivity contribution >= 4 is 0 Å².